The number of benzene rings is 1. The van der Waals surface area contributed by atoms with Crippen LogP contribution in [0.25, 0.3) is 0 Å². The highest BCUT2D eigenvalue weighted by molar-refractivity contribution is 5.79. The smallest absolute Gasteiger partial charge is 0.219 e. The minimum Gasteiger partial charge on any atom is -0.494 e. The molecule has 8 atom stereocenters. The number of amides is 1. The van der Waals surface area contributed by atoms with Gasteiger partial charge in [0.15, 0.2) is 0 Å². The lowest BCUT2D eigenvalue weighted by Gasteiger charge is -2.62. The lowest BCUT2D eigenvalue weighted by molar-refractivity contribution is -0.147. The summed E-state index contributed by atoms with van der Waals surface area (Å²) in [6.07, 6.45) is 17.4. The monoisotopic (exact) mass is 593 g/mol. The van der Waals surface area contributed by atoms with Gasteiger partial charge in [-0.15, -0.1) is 0 Å². The Morgan fingerprint density at radius 2 is 1.72 bits per heavy atom. The van der Waals surface area contributed by atoms with Crippen LogP contribution in [0.4, 0.5) is 0 Å². The fraction of sp³-hybridized carbons (Fsp3) is 0.789. The Kier molecular flexibility index (Phi) is 10.9. The number of carbonyl (C=O) groups excluding carboxylic acids is 2. The van der Waals surface area contributed by atoms with Gasteiger partial charge >= 0.3 is 0 Å². The van der Waals surface area contributed by atoms with E-state index in [9.17, 15) is 14.7 Å². The topological polar surface area (TPSA) is 75.6 Å². The fourth-order valence-electron chi connectivity index (χ4n) is 10.1. The highest BCUT2D eigenvalue weighted by atomic mass is 16.5. The van der Waals surface area contributed by atoms with Crippen molar-refractivity contribution in [2.75, 3.05) is 13.2 Å². The van der Waals surface area contributed by atoms with Crippen LogP contribution >= 0.6 is 0 Å². The zero-order valence-electron chi connectivity index (χ0n) is 27.4. The highest BCUT2D eigenvalue weighted by Crippen LogP contribution is 2.69. The molecule has 1 aromatic carbocycles. The molecule has 1 amide bonds. The van der Waals surface area contributed by atoms with Gasteiger partial charge in [-0.25, -0.2) is 0 Å². The standard InChI is InChI=1S/C38H59NO4/c1-4-5-10-23-39-35(42)12-9-7-6-8-11-24-43-30-16-13-27(14-17-30)32-26-38(3)33(19-20-34(38)41)31-18-15-28-25-29(40)21-22-37(28,2)36(31)32/h13-14,16-17,28,31-34,36,41H,4-12,15,18-26H2,1-3H3,(H,39,42)/t28-,31-,32+,33-,34-,36+,37-,38-/m0/s1. The molecule has 4 saturated carbocycles. The number of unbranched alkanes of at least 4 members (excludes halogenated alkanes) is 6. The van der Waals surface area contributed by atoms with Gasteiger partial charge in [-0.05, 0) is 116 Å². The second-order valence-corrected chi connectivity index (χ2v) is 15.2. The first kappa shape index (κ1) is 32.5. The Balaban J connectivity index is 1.12. The molecular formula is C38H59NO4. The molecule has 0 heterocycles. The van der Waals surface area contributed by atoms with Gasteiger partial charge in [-0.2, -0.15) is 0 Å². The number of aliphatic hydroxyl groups excluding tert-OH is 1. The summed E-state index contributed by atoms with van der Waals surface area (Å²) in [6.45, 7) is 8.61. The van der Waals surface area contributed by atoms with Gasteiger partial charge in [0.05, 0.1) is 12.7 Å². The van der Waals surface area contributed by atoms with Gasteiger partial charge < -0.3 is 15.2 Å². The van der Waals surface area contributed by atoms with Crippen LogP contribution < -0.4 is 10.1 Å². The maximum absolute atomic E-state index is 12.5. The molecule has 0 spiro atoms. The second-order valence-electron chi connectivity index (χ2n) is 15.2. The van der Waals surface area contributed by atoms with E-state index in [1.54, 1.807) is 0 Å². The molecule has 0 unspecified atom stereocenters. The number of fused-ring (bicyclic) bond motifs is 5. The molecule has 0 saturated heterocycles. The molecule has 4 fully saturated rings. The molecule has 5 heteroatoms. The van der Waals surface area contributed by atoms with Crippen LogP contribution in [-0.4, -0.2) is 36.1 Å². The summed E-state index contributed by atoms with van der Waals surface area (Å²) in [7, 11) is 0. The number of carbonyl (C=O) groups is 2. The van der Waals surface area contributed by atoms with Crippen molar-refractivity contribution in [1.29, 1.82) is 0 Å². The minimum atomic E-state index is -0.199. The Bertz CT molecular complexity index is 1070. The zero-order chi connectivity index (χ0) is 30.5. The molecule has 4 aliphatic carbocycles. The van der Waals surface area contributed by atoms with E-state index in [1.807, 2.05) is 0 Å². The first-order valence-corrected chi connectivity index (χ1v) is 18.0. The molecule has 240 valence electrons. The third kappa shape index (κ3) is 7.18. The summed E-state index contributed by atoms with van der Waals surface area (Å²) in [5.74, 6) is 4.39. The molecule has 43 heavy (non-hydrogen) atoms. The van der Waals surface area contributed by atoms with Crippen molar-refractivity contribution < 1.29 is 19.4 Å². The SMILES string of the molecule is CCCCCNC(=O)CCCCCCCOc1ccc([C@H]2C[C@]3(C)[C@@H](O)CC[C@H]3[C@@H]3CC[C@H]4CC(=O)CC[C@]4(C)[C@H]32)cc1. The number of ether oxygens (including phenoxy) is 1. The largest absolute Gasteiger partial charge is 0.494 e. The van der Waals surface area contributed by atoms with Gasteiger partial charge in [0, 0.05) is 25.8 Å². The van der Waals surface area contributed by atoms with Gasteiger partial charge in [0.25, 0.3) is 0 Å². The quantitative estimate of drug-likeness (QED) is 0.213. The van der Waals surface area contributed by atoms with Crippen molar-refractivity contribution in [1.82, 2.24) is 5.32 Å². The van der Waals surface area contributed by atoms with E-state index in [4.69, 9.17) is 4.74 Å². The Morgan fingerprint density at radius 3 is 2.51 bits per heavy atom. The Hall–Kier alpha value is -1.88. The van der Waals surface area contributed by atoms with E-state index in [2.05, 4.69) is 50.4 Å². The summed E-state index contributed by atoms with van der Waals surface area (Å²) in [4.78, 5) is 24.4. The van der Waals surface area contributed by atoms with Crippen LogP contribution in [0.5, 0.6) is 5.75 Å². The normalized spacial score (nSPS) is 35.1. The fourth-order valence-corrected chi connectivity index (χ4v) is 10.1. The van der Waals surface area contributed by atoms with Gasteiger partial charge in [-0.3, -0.25) is 9.59 Å². The Morgan fingerprint density at radius 1 is 0.953 bits per heavy atom. The van der Waals surface area contributed by atoms with Crippen LogP contribution in [0.15, 0.2) is 24.3 Å². The Labute approximate surface area is 261 Å². The van der Waals surface area contributed by atoms with Crippen LogP contribution in [0.3, 0.4) is 0 Å². The van der Waals surface area contributed by atoms with Gasteiger partial charge in [0.1, 0.15) is 11.5 Å². The van der Waals surface area contributed by atoms with Crippen LogP contribution in [0.1, 0.15) is 141 Å². The molecule has 5 nitrogen and oxygen atoms in total. The average Bonchev–Trinajstić information content (AvgIpc) is 3.30. The molecular weight excluding hydrogens is 534 g/mol. The second kappa shape index (κ2) is 14.5. The summed E-state index contributed by atoms with van der Waals surface area (Å²) in [5, 5.41) is 14.2. The maximum atomic E-state index is 12.5. The molecule has 1 aromatic rings. The number of hydrogen-bond donors (Lipinski definition) is 2. The minimum absolute atomic E-state index is 0.00682. The molecule has 0 bridgehead atoms. The number of nitrogens with one attached hydrogen (secondary N) is 1. The lowest BCUT2D eigenvalue weighted by Crippen LogP contribution is -2.56. The number of rotatable bonds is 14. The highest BCUT2D eigenvalue weighted by Gasteiger charge is 2.63. The molecule has 0 radical (unpaired) electrons. The number of aliphatic hydroxyl groups is 1. The van der Waals surface area contributed by atoms with E-state index in [1.165, 1.54) is 31.2 Å². The van der Waals surface area contributed by atoms with Gasteiger partial charge in [0.2, 0.25) is 5.91 Å². The van der Waals surface area contributed by atoms with Crippen molar-refractivity contribution in [2.24, 2.45) is 34.5 Å². The molecule has 2 N–H and O–H groups in total. The molecule has 4 aliphatic rings. The van der Waals surface area contributed by atoms with E-state index in [0.717, 1.165) is 96.0 Å². The third-order valence-corrected chi connectivity index (χ3v) is 12.6. The third-order valence-electron chi connectivity index (χ3n) is 12.6. The van der Waals surface area contributed by atoms with E-state index in [0.29, 0.717) is 41.8 Å². The van der Waals surface area contributed by atoms with Crippen molar-refractivity contribution in [3.63, 3.8) is 0 Å². The first-order valence-electron chi connectivity index (χ1n) is 18.0. The average molecular weight is 594 g/mol. The van der Waals surface area contributed by atoms with Crippen LogP contribution in [0.2, 0.25) is 0 Å². The van der Waals surface area contributed by atoms with Gasteiger partial charge in [-0.1, -0.05) is 65.0 Å². The van der Waals surface area contributed by atoms with Crippen molar-refractivity contribution in [2.45, 2.75) is 142 Å². The van der Waals surface area contributed by atoms with E-state index < -0.39 is 0 Å². The predicted molar refractivity (Wildman–Crippen MR) is 173 cm³/mol. The molecule has 0 aromatic heterocycles. The first-order chi connectivity index (χ1) is 20.8. The van der Waals surface area contributed by atoms with E-state index >= 15 is 0 Å². The number of ketones is 1. The van der Waals surface area contributed by atoms with Crippen molar-refractivity contribution in [3.05, 3.63) is 29.8 Å². The summed E-state index contributed by atoms with van der Waals surface area (Å²) in [6, 6.07) is 8.93. The van der Waals surface area contributed by atoms with E-state index in [-0.39, 0.29) is 22.8 Å². The summed E-state index contributed by atoms with van der Waals surface area (Å²) >= 11 is 0. The van der Waals surface area contributed by atoms with Crippen LogP contribution in [0, 0.1) is 34.5 Å². The summed E-state index contributed by atoms with van der Waals surface area (Å²) in [5.41, 5.74) is 1.60. The predicted octanol–water partition coefficient (Wildman–Crippen LogP) is 8.38. The van der Waals surface area contributed by atoms with Crippen molar-refractivity contribution >= 4 is 11.7 Å². The number of hydrogen-bond acceptors (Lipinski definition) is 4. The van der Waals surface area contributed by atoms with Crippen molar-refractivity contribution in [3.8, 4) is 5.75 Å². The summed E-state index contributed by atoms with van der Waals surface area (Å²) < 4.78 is 6.15. The van der Waals surface area contributed by atoms with Crippen LogP contribution in [-0.2, 0) is 9.59 Å². The lowest BCUT2D eigenvalue weighted by atomic mass is 9.42. The molecule has 5 rings (SSSR count). The maximum Gasteiger partial charge on any atom is 0.219 e. The number of Topliss-reactive ketones (excluding diaryl/α,β-unsaturated/α-hetero) is 1. The molecule has 0 aliphatic heterocycles. The zero-order valence-corrected chi connectivity index (χ0v) is 27.4.